The zero-order valence-electron chi connectivity index (χ0n) is 15.2. The minimum atomic E-state index is -4.38. The highest BCUT2D eigenvalue weighted by Gasteiger charge is 2.54. The molecule has 0 radical (unpaired) electrons. The molecule has 2 aliphatic heterocycles. The van der Waals surface area contributed by atoms with Gasteiger partial charge in [0.15, 0.2) is 8.07 Å². The van der Waals surface area contributed by atoms with Crippen LogP contribution in [0.4, 0.5) is 13.2 Å². The Kier molecular flexibility index (Phi) is 3.15. The van der Waals surface area contributed by atoms with Crippen LogP contribution in [0.2, 0.25) is 0 Å². The number of pyridine rings is 1. The molecule has 5 heteroatoms. The molecule has 0 saturated carbocycles. The summed E-state index contributed by atoms with van der Waals surface area (Å²) >= 11 is 0. The number of benzene rings is 3. The largest absolute Gasteiger partial charge is 0.416 e. The topological polar surface area (TPSA) is 12.9 Å². The predicted molar refractivity (Wildman–Crippen MR) is 111 cm³/mol. The minimum Gasteiger partial charge on any atom is -0.256 e. The molecule has 1 aromatic heterocycles. The molecule has 1 spiro atoms. The number of hydrogen-bond acceptors (Lipinski definition) is 1. The quantitative estimate of drug-likeness (QED) is 0.356. The Morgan fingerprint density at radius 1 is 0.621 bits per heavy atom. The summed E-state index contributed by atoms with van der Waals surface area (Å²) in [6.45, 7) is 0. The van der Waals surface area contributed by atoms with E-state index in [1.165, 1.54) is 12.1 Å². The fraction of sp³-hybridized carbons (Fsp3) is 0.0417. The zero-order valence-corrected chi connectivity index (χ0v) is 16.2. The Balaban J connectivity index is 1.82. The zero-order chi connectivity index (χ0) is 19.8. The molecular weight excluding hydrogens is 387 g/mol. The van der Waals surface area contributed by atoms with Crippen molar-refractivity contribution in [2.45, 2.75) is 6.18 Å². The van der Waals surface area contributed by atoms with Crippen LogP contribution in [0.5, 0.6) is 0 Å². The van der Waals surface area contributed by atoms with E-state index in [-0.39, 0.29) is 0 Å². The van der Waals surface area contributed by atoms with Crippen molar-refractivity contribution in [1.29, 1.82) is 0 Å². The number of hydrogen-bond donors (Lipinski definition) is 0. The number of alkyl halides is 3. The van der Waals surface area contributed by atoms with Gasteiger partial charge in [0.1, 0.15) is 0 Å². The molecule has 29 heavy (non-hydrogen) atoms. The summed E-state index contributed by atoms with van der Waals surface area (Å²) in [6.07, 6.45) is -2.66. The number of halogens is 3. The Morgan fingerprint density at radius 3 is 1.90 bits per heavy atom. The summed E-state index contributed by atoms with van der Waals surface area (Å²) in [5, 5.41) is 4.16. The van der Waals surface area contributed by atoms with Crippen LogP contribution in [0.25, 0.3) is 22.4 Å². The van der Waals surface area contributed by atoms with Crippen LogP contribution >= 0.6 is 0 Å². The van der Waals surface area contributed by atoms with E-state index in [1.54, 1.807) is 12.3 Å². The van der Waals surface area contributed by atoms with Gasteiger partial charge in [-0.2, -0.15) is 13.2 Å². The van der Waals surface area contributed by atoms with E-state index in [4.69, 9.17) is 0 Å². The van der Waals surface area contributed by atoms with Crippen molar-refractivity contribution >= 4 is 28.8 Å². The maximum atomic E-state index is 13.7. The average Bonchev–Trinajstić information content (AvgIpc) is 3.20. The molecule has 0 amide bonds. The van der Waals surface area contributed by atoms with Crippen LogP contribution in [0.15, 0.2) is 85.1 Å². The van der Waals surface area contributed by atoms with E-state index in [0.29, 0.717) is 0 Å². The van der Waals surface area contributed by atoms with Crippen molar-refractivity contribution in [1.82, 2.24) is 4.98 Å². The molecular formula is C24H14F3NSi. The van der Waals surface area contributed by atoms with Gasteiger partial charge in [-0.05, 0) is 50.1 Å². The number of fused-ring (bicyclic) bond motifs is 10. The van der Waals surface area contributed by atoms with Gasteiger partial charge < -0.3 is 0 Å². The second-order valence-electron chi connectivity index (χ2n) is 7.50. The molecule has 0 fully saturated rings. The Bertz CT molecular complexity index is 1250. The van der Waals surface area contributed by atoms with Crippen molar-refractivity contribution in [2.24, 2.45) is 0 Å². The second kappa shape index (κ2) is 5.45. The standard InChI is InChI=1S/C24H14F3NSi/c25-24(26,27)15-11-12-18-22(14-15)29(21-10-5-13-28-23(18)21)19-8-3-1-6-16(19)17-7-2-4-9-20(17)29/h1-14H. The first-order chi connectivity index (χ1) is 14.0. The first-order valence-electron chi connectivity index (χ1n) is 9.40. The first-order valence-corrected chi connectivity index (χ1v) is 11.4. The monoisotopic (exact) mass is 401 g/mol. The molecule has 3 heterocycles. The summed E-state index contributed by atoms with van der Waals surface area (Å²) in [6, 6.07) is 24.4. The smallest absolute Gasteiger partial charge is 0.256 e. The third-order valence-corrected chi connectivity index (χ3v) is 11.1. The lowest BCUT2D eigenvalue weighted by molar-refractivity contribution is -0.137. The lowest BCUT2D eigenvalue weighted by Crippen LogP contribution is -2.70. The van der Waals surface area contributed by atoms with Gasteiger partial charge in [0.2, 0.25) is 0 Å². The Labute approximate surface area is 166 Å². The van der Waals surface area contributed by atoms with Crippen molar-refractivity contribution in [3.8, 4) is 22.4 Å². The van der Waals surface area contributed by atoms with Gasteiger partial charge in [-0.25, -0.2) is 0 Å². The molecule has 1 nitrogen and oxygen atoms in total. The fourth-order valence-corrected chi connectivity index (χ4v) is 10.7. The highest BCUT2D eigenvalue weighted by molar-refractivity contribution is 7.24. The van der Waals surface area contributed by atoms with Crippen molar-refractivity contribution in [3.63, 3.8) is 0 Å². The molecule has 140 valence electrons. The molecule has 0 atom stereocenters. The molecule has 6 rings (SSSR count). The van der Waals surface area contributed by atoms with Crippen LogP contribution in [0.3, 0.4) is 0 Å². The third kappa shape index (κ3) is 1.98. The molecule has 4 aromatic rings. The van der Waals surface area contributed by atoms with Gasteiger partial charge in [-0.3, -0.25) is 4.98 Å². The molecule has 0 unspecified atom stereocenters. The predicted octanol–water partition coefficient (Wildman–Crippen LogP) is 3.44. The molecule has 0 bridgehead atoms. The fourth-order valence-electron chi connectivity index (χ4n) is 5.12. The Hall–Kier alpha value is -3.18. The van der Waals surface area contributed by atoms with Gasteiger partial charge in [0, 0.05) is 11.8 Å². The number of rotatable bonds is 0. The lowest BCUT2D eigenvalue weighted by atomic mass is 10.1. The Morgan fingerprint density at radius 2 is 1.24 bits per heavy atom. The summed E-state index contributed by atoms with van der Waals surface area (Å²) in [5.41, 5.74) is 3.28. The van der Waals surface area contributed by atoms with E-state index in [2.05, 4.69) is 35.3 Å². The van der Waals surface area contributed by atoms with Gasteiger partial charge in [-0.15, -0.1) is 0 Å². The third-order valence-electron chi connectivity index (χ3n) is 6.17. The summed E-state index contributed by atoms with van der Waals surface area (Å²) in [4.78, 5) is 4.61. The first kappa shape index (κ1) is 16.7. The summed E-state index contributed by atoms with van der Waals surface area (Å²) < 4.78 is 41.0. The second-order valence-corrected chi connectivity index (χ2v) is 11.2. The van der Waals surface area contributed by atoms with E-state index in [1.807, 2.05) is 30.3 Å². The van der Waals surface area contributed by atoms with Gasteiger partial charge in [0.25, 0.3) is 0 Å². The summed E-state index contributed by atoms with van der Waals surface area (Å²) in [7, 11) is -2.82. The van der Waals surface area contributed by atoms with Crippen LogP contribution in [-0.2, 0) is 6.18 Å². The maximum Gasteiger partial charge on any atom is 0.416 e. The van der Waals surface area contributed by atoms with Gasteiger partial charge >= 0.3 is 6.18 Å². The van der Waals surface area contributed by atoms with Crippen LogP contribution in [-0.4, -0.2) is 13.1 Å². The van der Waals surface area contributed by atoms with Gasteiger partial charge in [0.05, 0.1) is 11.3 Å². The molecule has 0 saturated heterocycles. The lowest BCUT2D eigenvalue weighted by Gasteiger charge is -2.27. The SMILES string of the molecule is FC(F)(F)c1ccc2c(c1)[Si]1(c3ccccc3-c3ccccc31)c1cccnc1-2. The van der Waals surface area contributed by atoms with Crippen molar-refractivity contribution in [2.75, 3.05) is 0 Å². The van der Waals surface area contributed by atoms with Crippen LogP contribution < -0.4 is 20.7 Å². The molecule has 0 N–H and O–H groups in total. The molecule has 3 aromatic carbocycles. The maximum absolute atomic E-state index is 13.7. The number of nitrogens with zero attached hydrogens (tertiary/aromatic N) is 1. The average molecular weight is 401 g/mol. The number of aromatic nitrogens is 1. The van der Waals surface area contributed by atoms with E-state index >= 15 is 0 Å². The van der Waals surface area contributed by atoms with Crippen molar-refractivity contribution < 1.29 is 13.2 Å². The van der Waals surface area contributed by atoms with Crippen LogP contribution in [0, 0.1) is 0 Å². The molecule has 0 aliphatic carbocycles. The van der Waals surface area contributed by atoms with E-state index in [9.17, 15) is 13.2 Å². The van der Waals surface area contributed by atoms with E-state index in [0.717, 1.165) is 43.1 Å². The summed E-state index contributed by atoms with van der Waals surface area (Å²) in [5.74, 6) is 0. The molecule has 2 aliphatic rings. The van der Waals surface area contributed by atoms with Crippen molar-refractivity contribution in [3.05, 3.63) is 90.6 Å². The normalized spacial score (nSPS) is 15.0. The minimum absolute atomic E-state index is 0.599. The highest BCUT2D eigenvalue weighted by Crippen LogP contribution is 2.37. The van der Waals surface area contributed by atoms with Gasteiger partial charge in [-0.1, -0.05) is 60.7 Å². The highest BCUT2D eigenvalue weighted by atomic mass is 28.3. The van der Waals surface area contributed by atoms with E-state index < -0.39 is 19.8 Å². The van der Waals surface area contributed by atoms with Crippen LogP contribution in [0.1, 0.15) is 5.56 Å².